The summed E-state index contributed by atoms with van der Waals surface area (Å²) in [7, 11) is 0. The van der Waals surface area contributed by atoms with Crippen LogP contribution in [0.3, 0.4) is 0 Å². The molecule has 0 N–H and O–H groups in total. The second-order valence-electron chi connectivity index (χ2n) is 6.65. The number of alkyl halides is 1. The van der Waals surface area contributed by atoms with Crippen molar-refractivity contribution in [1.29, 1.82) is 10.5 Å². The smallest absolute Gasteiger partial charge is 0.139 e. The first-order valence-corrected chi connectivity index (χ1v) is 7.85. The molecule has 0 aromatic rings. The molecule has 4 rings (SSSR count). The van der Waals surface area contributed by atoms with Crippen LogP contribution in [0.4, 0.5) is 0 Å². The molecular weight excluding hydrogens is 288 g/mol. The Bertz CT molecular complexity index is 414. The van der Waals surface area contributed by atoms with Gasteiger partial charge in [0.15, 0.2) is 0 Å². The first-order valence-electron chi connectivity index (χ1n) is 7.06. The van der Waals surface area contributed by atoms with Crippen LogP contribution in [0, 0.1) is 51.7 Å². The minimum absolute atomic E-state index is 0.0162. The molecule has 0 saturated heterocycles. The van der Waals surface area contributed by atoms with E-state index in [2.05, 4.69) is 35.0 Å². The summed E-state index contributed by atoms with van der Waals surface area (Å²) in [5.41, 5.74) is -0.0162. The molecule has 0 spiro atoms. The summed E-state index contributed by atoms with van der Waals surface area (Å²) >= 11 is 3.97. The van der Waals surface area contributed by atoms with Gasteiger partial charge in [0.2, 0.25) is 0 Å². The van der Waals surface area contributed by atoms with Gasteiger partial charge in [0.1, 0.15) is 5.92 Å². The maximum Gasteiger partial charge on any atom is 0.139 e. The third-order valence-electron chi connectivity index (χ3n) is 6.04. The highest BCUT2D eigenvalue weighted by Gasteiger charge is 2.63. The van der Waals surface area contributed by atoms with E-state index in [-0.39, 0.29) is 5.41 Å². The molecule has 2 nitrogen and oxygen atoms in total. The van der Waals surface area contributed by atoms with E-state index in [4.69, 9.17) is 0 Å². The largest absolute Gasteiger partial charge is 0.197 e. The molecule has 0 aromatic carbocycles. The average molecular weight is 307 g/mol. The molecule has 0 aromatic heterocycles. The van der Waals surface area contributed by atoms with E-state index < -0.39 is 5.92 Å². The van der Waals surface area contributed by atoms with E-state index in [1.54, 1.807) is 0 Å². The van der Waals surface area contributed by atoms with Crippen molar-refractivity contribution < 1.29 is 0 Å². The summed E-state index contributed by atoms with van der Waals surface area (Å²) in [5, 5.41) is 18.8. The molecule has 4 aliphatic carbocycles. The normalized spacial score (nSPS) is 49.1. The Morgan fingerprint density at radius 2 is 1.72 bits per heavy atom. The molecule has 0 heterocycles. The molecular formula is C15H19BrN2. The first-order chi connectivity index (χ1) is 8.58. The monoisotopic (exact) mass is 306 g/mol. The van der Waals surface area contributed by atoms with E-state index >= 15 is 0 Å². The van der Waals surface area contributed by atoms with Gasteiger partial charge >= 0.3 is 0 Å². The van der Waals surface area contributed by atoms with Gasteiger partial charge in [-0.05, 0) is 56.3 Å². The molecule has 4 aliphatic rings. The van der Waals surface area contributed by atoms with Crippen molar-refractivity contribution in [3.05, 3.63) is 0 Å². The van der Waals surface area contributed by atoms with Gasteiger partial charge in [0.25, 0.3) is 0 Å². The predicted molar refractivity (Wildman–Crippen MR) is 72.7 cm³/mol. The lowest BCUT2D eigenvalue weighted by Crippen LogP contribution is -2.59. The molecule has 3 heteroatoms. The van der Waals surface area contributed by atoms with Gasteiger partial charge in [0.05, 0.1) is 12.1 Å². The van der Waals surface area contributed by atoms with Crippen LogP contribution in [0.15, 0.2) is 0 Å². The molecule has 96 valence electrons. The quantitative estimate of drug-likeness (QED) is 0.723. The summed E-state index contributed by atoms with van der Waals surface area (Å²) in [6, 6.07) is 4.62. The number of hydrogen-bond donors (Lipinski definition) is 0. The number of rotatable bonds is 2. The summed E-state index contributed by atoms with van der Waals surface area (Å²) in [6.07, 6.45) is 7.14. The molecule has 3 unspecified atom stereocenters. The summed E-state index contributed by atoms with van der Waals surface area (Å²) < 4.78 is 0.331. The van der Waals surface area contributed by atoms with Gasteiger partial charge in [-0.15, -0.1) is 0 Å². The Morgan fingerprint density at radius 1 is 1.17 bits per heavy atom. The summed E-state index contributed by atoms with van der Waals surface area (Å²) in [6.45, 7) is 2.19. The summed E-state index contributed by atoms with van der Waals surface area (Å²) in [5.74, 6) is 1.59. The molecule has 5 atom stereocenters. The lowest BCUT2D eigenvalue weighted by Gasteiger charge is -2.64. The lowest BCUT2D eigenvalue weighted by molar-refractivity contribution is -0.110. The minimum Gasteiger partial charge on any atom is -0.197 e. The Kier molecular flexibility index (Phi) is 2.76. The molecule has 0 aliphatic heterocycles. The second kappa shape index (κ2) is 3.97. The van der Waals surface area contributed by atoms with E-state index in [1.807, 2.05) is 0 Å². The van der Waals surface area contributed by atoms with Gasteiger partial charge in [-0.25, -0.2) is 0 Å². The van der Waals surface area contributed by atoms with Crippen LogP contribution in [0.25, 0.3) is 0 Å². The van der Waals surface area contributed by atoms with E-state index in [0.29, 0.717) is 16.2 Å². The van der Waals surface area contributed by atoms with Crippen LogP contribution in [0.2, 0.25) is 0 Å². The number of nitrogens with zero attached hydrogens (tertiary/aromatic N) is 2. The minimum atomic E-state index is -0.409. The van der Waals surface area contributed by atoms with Crippen molar-refractivity contribution >= 4 is 15.9 Å². The SMILES string of the molecule is CCC1(C(C#N)C#N)[C@@H]2CC3C[C@H]1CC(Br)(C3)C2. The van der Waals surface area contributed by atoms with E-state index in [9.17, 15) is 10.5 Å². The topological polar surface area (TPSA) is 47.6 Å². The zero-order chi connectivity index (χ0) is 13.0. The van der Waals surface area contributed by atoms with Crippen LogP contribution in [-0.4, -0.2) is 4.32 Å². The van der Waals surface area contributed by atoms with Crippen molar-refractivity contribution in [2.24, 2.45) is 29.1 Å². The van der Waals surface area contributed by atoms with Gasteiger partial charge in [-0.3, -0.25) is 0 Å². The maximum absolute atomic E-state index is 9.39. The van der Waals surface area contributed by atoms with Crippen LogP contribution in [0.5, 0.6) is 0 Å². The fraction of sp³-hybridized carbons (Fsp3) is 0.867. The van der Waals surface area contributed by atoms with Crippen molar-refractivity contribution in [3.63, 3.8) is 0 Å². The van der Waals surface area contributed by atoms with Gasteiger partial charge < -0.3 is 0 Å². The van der Waals surface area contributed by atoms with E-state index in [1.165, 1.54) is 32.1 Å². The number of nitriles is 2. The van der Waals surface area contributed by atoms with Crippen molar-refractivity contribution in [2.45, 2.75) is 49.8 Å². The highest BCUT2D eigenvalue weighted by Crippen LogP contribution is 2.68. The molecule has 4 saturated carbocycles. The van der Waals surface area contributed by atoms with Crippen molar-refractivity contribution in [2.75, 3.05) is 0 Å². The highest BCUT2D eigenvalue weighted by atomic mass is 79.9. The van der Waals surface area contributed by atoms with Crippen LogP contribution in [0.1, 0.15) is 45.4 Å². The molecule has 4 bridgehead atoms. The maximum atomic E-state index is 9.39. The fourth-order valence-corrected chi connectivity index (χ4v) is 6.80. The van der Waals surface area contributed by atoms with Crippen molar-refractivity contribution in [1.82, 2.24) is 0 Å². The predicted octanol–water partition coefficient (Wildman–Crippen LogP) is 4.02. The zero-order valence-electron chi connectivity index (χ0n) is 10.8. The summed E-state index contributed by atoms with van der Waals surface area (Å²) in [4.78, 5) is 0. The van der Waals surface area contributed by atoms with Gasteiger partial charge in [-0.1, -0.05) is 22.9 Å². The zero-order valence-corrected chi connectivity index (χ0v) is 12.4. The van der Waals surface area contributed by atoms with E-state index in [0.717, 1.165) is 12.3 Å². The number of halogens is 1. The third-order valence-corrected chi connectivity index (χ3v) is 7.01. The molecule has 4 fully saturated rings. The fourth-order valence-electron chi connectivity index (χ4n) is 5.56. The van der Waals surface area contributed by atoms with Crippen LogP contribution in [-0.2, 0) is 0 Å². The lowest BCUT2D eigenvalue weighted by atomic mass is 9.42. The highest BCUT2D eigenvalue weighted by molar-refractivity contribution is 9.10. The van der Waals surface area contributed by atoms with Gasteiger partial charge in [-0.2, -0.15) is 10.5 Å². The Labute approximate surface area is 117 Å². The van der Waals surface area contributed by atoms with Gasteiger partial charge in [0, 0.05) is 9.74 Å². The second-order valence-corrected chi connectivity index (χ2v) is 8.33. The molecule has 18 heavy (non-hydrogen) atoms. The average Bonchev–Trinajstić information content (AvgIpc) is 2.32. The Morgan fingerprint density at radius 3 is 2.11 bits per heavy atom. The Hall–Kier alpha value is -0.540. The Balaban J connectivity index is 2.03. The van der Waals surface area contributed by atoms with Crippen LogP contribution >= 0.6 is 15.9 Å². The standard InChI is InChI=1S/C15H19BrN2/c1-2-15(13(8-17)9-18)11-3-10-4-12(15)7-14(16,5-10)6-11/h10-13H,2-7H2,1H3/t10?,11-,12+,14?,15?. The third kappa shape index (κ3) is 1.44. The van der Waals surface area contributed by atoms with Crippen molar-refractivity contribution in [3.8, 4) is 12.1 Å². The van der Waals surface area contributed by atoms with Crippen LogP contribution < -0.4 is 0 Å². The molecule has 0 amide bonds. The molecule has 0 radical (unpaired) electrons. The number of hydrogen-bond acceptors (Lipinski definition) is 2. The first kappa shape index (κ1) is 12.5.